The zero-order valence-electron chi connectivity index (χ0n) is 26.8. The highest BCUT2D eigenvalue weighted by atomic mass is 16.4. The number of rotatable bonds is 20. The van der Waals surface area contributed by atoms with Crippen molar-refractivity contribution in [2.24, 2.45) is 0 Å². The maximum atomic E-state index is 12.8. The van der Waals surface area contributed by atoms with Crippen LogP contribution in [0, 0.1) is 0 Å². The predicted molar refractivity (Wildman–Crippen MR) is 167 cm³/mol. The van der Waals surface area contributed by atoms with Crippen LogP contribution in [-0.4, -0.2) is 188 Å². The minimum absolute atomic E-state index is 0.0381. The largest absolute Gasteiger partial charge is 0.480 e. The van der Waals surface area contributed by atoms with E-state index in [1.165, 1.54) is 9.80 Å². The first-order valence-corrected chi connectivity index (χ1v) is 15.5. The van der Waals surface area contributed by atoms with Gasteiger partial charge in [0, 0.05) is 52.4 Å². The van der Waals surface area contributed by atoms with Crippen molar-refractivity contribution in [1.82, 2.24) is 30.2 Å². The van der Waals surface area contributed by atoms with Crippen LogP contribution >= 0.6 is 0 Å². The Morgan fingerprint density at radius 3 is 1.12 bits per heavy atom. The molecule has 4 atom stereocenters. The summed E-state index contributed by atoms with van der Waals surface area (Å²) in [6, 6.07) is 1.99. The second kappa shape index (κ2) is 18.2. The summed E-state index contributed by atoms with van der Waals surface area (Å²) in [7, 11) is 0. The summed E-state index contributed by atoms with van der Waals surface area (Å²) >= 11 is 0. The monoisotopic (exact) mass is 708 g/mol. The van der Waals surface area contributed by atoms with Gasteiger partial charge in [-0.1, -0.05) is 24.3 Å². The molecule has 4 unspecified atom stereocenters. The van der Waals surface area contributed by atoms with Gasteiger partial charge in [0.2, 0.25) is 0 Å². The van der Waals surface area contributed by atoms with E-state index in [-0.39, 0.29) is 52.4 Å². The number of carbonyl (C=O) groups is 8. The van der Waals surface area contributed by atoms with E-state index in [1.54, 1.807) is 34.1 Å². The van der Waals surface area contributed by atoms with Crippen molar-refractivity contribution in [3.63, 3.8) is 0 Å². The van der Waals surface area contributed by atoms with Gasteiger partial charge in [-0.15, -0.1) is 0 Å². The second-order valence-corrected chi connectivity index (χ2v) is 11.8. The van der Waals surface area contributed by atoms with Crippen molar-refractivity contribution >= 4 is 47.4 Å². The lowest BCUT2D eigenvalue weighted by Crippen LogP contribution is -2.59. The van der Waals surface area contributed by atoms with Gasteiger partial charge in [-0.2, -0.15) is 0 Å². The molecule has 2 heterocycles. The van der Waals surface area contributed by atoms with Gasteiger partial charge >= 0.3 is 35.8 Å². The van der Waals surface area contributed by atoms with Crippen molar-refractivity contribution in [3.05, 3.63) is 35.4 Å². The number of nitrogens with one attached hydrogen (secondary N) is 2. The van der Waals surface area contributed by atoms with Gasteiger partial charge in [-0.3, -0.25) is 48.4 Å². The molecule has 0 amide bonds. The van der Waals surface area contributed by atoms with Crippen LogP contribution in [-0.2, 0) is 38.4 Å². The Hall–Kier alpha value is -4.86. The number of hydrogen-bond donors (Lipinski definition) is 8. The fourth-order valence-corrected chi connectivity index (χ4v) is 6.32. The molecule has 2 saturated heterocycles. The normalized spacial score (nSPS) is 21.5. The van der Waals surface area contributed by atoms with E-state index in [2.05, 4.69) is 10.6 Å². The third kappa shape index (κ3) is 11.1. The standard InChI is InChI=1S/C30H40N6O14/c37-19(38)13-33(14-20(39)40)9-11-35-7-5-31-23(27(45)29(47)48)25(35)17-1-2-18(4-3-17)26-24(28(46)30(49)50)32-6-8-36(26)12-10-34(15-21(41)42)16-22(43)44/h1-4,23-26,31-32H,5-16H2,(H,37,38)(H,39,40)(H,41,42)(H,43,44)(H,47,48)(H,49,50). The molecule has 274 valence electrons. The average Bonchev–Trinajstić information content (AvgIpc) is 3.04. The van der Waals surface area contributed by atoms with Crippen LogP contribution in [0.5, 0.6) is 0 Å². The molecular formula is C30H40N6O14. The van der Waals surface area contributed by atoms with E-state index in [0.717, 1.165) is 0 Å². The Morgan fingerprint density at radius 2 is 0.860 bits per heavy atom. The minimum atomic E-state index is -1.69. The highest BCUT2D eigenvalue weighted by molar-refractivity contribution is 6.35. The van der Waals surface area contributed by atoms with Crippen LogP contribution in [0.4, 0.5) is 0 Å². The molecule has 20 heteroatoms. The summed E-state index contributed by atoms with van der Waals surface area (Å²) < 4.78 is 0. The Kier molecular flexibility index (Phi) is 14.4. The smallest absolute Gasteiger partial charge is 0.373 e. The van der Waals surface area contributed by atoms with Gasteiger partial charge < -0.3 is 41.3 Å². The average molecular weight is 709 g/mol. The number of carbonyl (C=O) groups excluding carboxylic acids is 2. The number of carboxylic acid groups (broad SMARTS) is 6. The van der Waals surface area contributed by atoms with Gasteiger partial charge in [0.25, 0.3) is 11.6 Å². The van der Waals surface area contributed by atoms with E-state index in [0.29, 0.717) is 11.1 Å². The molecule has 50 heavy (non-hydrogen) atoms. The van der Waals surface area contributed by atoms with E-state index >= 15 is 0 Å². The molecule has 0 saturated carbocycles. The van der Waals surface area contributed by atoms with Crippen LogP contribution in [0.3, 0.4) is 0 Å². The van der Waals surface area contributed by atoms with Gasteiger partial charge in [-0.25, -0.2) is 9.59 Å². The fraction of sp³-hybridized carbons (Fsp3) is 0.533. The first-order valence-electron chi connectivity index (χ1n) is 15.5. The topological polar surface area (TPSA) is 295 Å². The molecule has 20 nitrogen and oxygen atoms in total. The maximum Gasteiger partial charge on any atom is 0.373 e. The Morgan fingerprint density at radius 1 is 0.560 bits per heavy atom. The first-order chi connectivity index (χ1) is 23.6. The van der Waals surface area contributed by atoms with E-state index in [1.807, 2.05) is 0 Å². The zero-order valence-corrected chi connectivity index (χ0v) is 26.8. The zero-order chi connectivity index (χ0) is 37.1. The SMILES string of the molecule is O=C(O)CN(CCN1CCNC(C(=O)C(=O)O)C1c1ccc(C2C(C(=O)C(=O)O)NCCN2CCN(CC(=O)O)CC(=O)O)cc1)CC(=O)O. The molecule has 2 aliphatic rings. The Balaban J connectivity index is 1.97. The molecule has 3 rings (SSSR count). The molecular weight excluding hydrogens is 668 g/mol. The molecule has 0 aliphatic carbocycles. The maximum absolute atomic E-state index is 12.8. The van der Waals surface area contributed by atoms with Crippen LogP contribution in [0.25, 0.3) is 0 Å². The molecule has 0 radical (unpaired) electrons. The van der Waals surface area contributed by atoms with Crippen LogP contribution in [0.15, 0.2) is 24.3 Å². The van der Waals surface area contributed by atoms with E-state index in [9.17, 15) is 69.0 Å². The molecule has 2 fully saturated rings. The number of carboxylic acids is 6. The molecule has 1 aromatic rings. The van der Waals surface area contributed by atoms with Crippen molar-refractivity contribution in [2.75, 3.05) is 78.5 Å². The lowest BCUT2D eigenvalue weighted by molar-refractivity contribution is -0.151. The summed E-state index contributed by atoms with van der Waals surface area (Å²) in [4.78, 5) is 100. The molecule has 1 aromatic carbocycles. The third-order valence-electron chi connectivity index (χ3n) is 8.39. The molecule has 0 aromatic heterocycles. The number of aliphatic carboxylic acids is 6. The van der Waals surface area contributed by atoms with Gasteiger partial charge in [0.05, 0.1) is 50.3 Å². The summed E-state index contributed by atoms with van der Waals surface area (Å²) in [6.45, 7) is -1.27. The molecule has 8 N–H and O–H groups in total. The summed E-state index contributed by atoms with van der Waals surface area (Å²) in [5, 5.41) is 61.8. The summed E-state index contributed by atoms with van der Waals surface area (Å²) in [5.74, 6) is -10.7. The highest BCUT2D eigenvalue weighted by Gasteiger charge is 2.42. The molecule has 0 spiro atoms. The Bertz CT molecular complexity index is 1320. The van der Waals surface area contributed by atoms with Crippen LogP contribution in [0.2, 0.25) is 0 Å². The third-order valence-corrected chi connectivity index (χ3v) is 8.39. The predicted octanol–water partition coefficient (Wildman–Crippen LogP) is -3.43. The molecule has 2 aliphatic heterocycles. The number of Topliss-reactive ketones (excluding diaryl/α,β-unsaturated/α-hetero) is 2. The van der Waals surface area contributed by atoms with Crippen LogP contribution < -0.4 is 10.6 Å². The number of ketones is 2. The lowest BCUT2D eigenvalue weighted by Gasteiger charge is -2.43. The van der Waals surface area contributed by atoms with E-state index < -0.39 is 97.7 Å². The highest BCUT2D eigenvalue weighted by Crippen LogP contribution is 2.32. The van der Waals surface area contributed by atoms with Crippen molar-refractivity contribution < 1.29 is 69.0 Å². The summed E-state index contributed by atoms with van der Waals surface area (Å²) in [5.41, 5.74) is 0.878. The summed E-state index contributed by atoms with van der Waals surface area (Å²) in [6.07, 6.45) is 0. The first kappa shape index (κ1) is 39.6. The second-order valence-electron chi connectivity index (χ2n) is 11.8. The van der Waals surface area contributed by atoms with Crippen molar-refractivity contribution in [3.8, 4) is 0 Å². The minimum Gasteiger partial charge on any atom is -0.480 e. The Labute approximate surface area is 284 Å². The van der Waals surface area contributed by atoms with Gasteiger partial charge in [0.15, 0.2) is 0 Å². The van der Waals surface area contributed by atoms with Gasteiger partial charge in [-0.05, 0) is 11.1 Å². The fourth-order valence-electron chi connectivity index (χ4n) is 6.32. The number of hydrogen-bond acceptors (Lipinski definition) is 14. The lowest BCUT2D eigenvalue weighted by atomic mass is 9.88. The van der Waals surface area contributed by atoms with E-state index in [4.69, 9.17) is 0 Å². The quantitative estimate of drug-likeness (QED) is 0.0611. The van der Waals surface area contributed by atoms with Crippen molar-refractivity contribution in [1.29, 1.82) is 0 Å². The number of nitrogens with zero attached hydrogens (tertiary/aromatic N) is 4. The van der Waals surface area contributed by atoms with Crippen molar-refractivity contribution in [2.45, 2.75) is 24.2 Å². The molecule has 0 bridgehead atoms. The van der Waals surface area contributed by atoms with Gasteiger partial charge in [0.1, 0.15) is 0 Å². The van der Waals surface area contributed by atoms with Crippen LogP contribution in [0.1, 0.15) is 23.2 Å². The number of benzene rings is 1. The number of piperazine rings is 2.